The number of benzene rings is 1. The maximum Gasteiger partial charge on any atom is 0.354 e. The predicted molar refractivity (Wildman–Crippen MR) is 97.9 cm³/mol. The van der Waals surface area contributed by atoms with E-state index >= 15 is 0 Å². The van der Waals surface area contributed by atoms with Gasteiger partial charge in [0.25, 0.3) is 5.91 Å². The SMILES string of the molecule is COc1ccc2c(c1)CC(C(C)C)CN2C(=O)c1cccc(C(=O)O)n1. The molecule has 0 fully saturated rings. The number of pyridine rings is 1. The Labute approximate surface area is 152 Å². The molecule has 6 heteroatoms. The Kier molecular flexibility index (Phi) is 4.93. The van der Waals surface area contributed by atoms with Crippen LogP contribution in [0.4, 0.5) is 5.69 Å². The van der Waals surface area contributed by atoms with E-state index < -0.39 is 5.97 Å². The van der Waals surface area contributed by atoms with Gasteiger partial charge >= 0.3 is 5.97 Å². The molecule has 1 aromatic heterocycles. The van der Waals surface area contributed by atoms with Crippen molar-refractivity contribution in [2.24, 2.45) is 11.8 Å². The number of fused-ring (bicyclic) bond motifs is 1. The Morgan fingerprint density at radius 1 is 1.23 bits per heavy atom. The van der Waals surface area contributed by atoms with Gasteiger partial charge in [-0.1, -0.05) is 19.9 Å². The molecular weight excluding hydrogens is 332 g/mol. The number of hydrogen-bond donors (Lipinski definition) is 1. The number of aromatic nitrogens is 1. The highest BCUT2D eigenvalue weighted by molar-refractivity contribution is 6.06. The molecule has 1 atom stereocenters. The lowest BCUT2D eigenvalue weighted by Gasteiger charge is -2.36. The van der Waals surface area contributed by atoms with E-state index in [1.807, 2.05) is 18.2 Å². The summed E-state index contributed by atoms with van der Waals surface area (Å²) in [5.74, 6) is 0.0316. The number of hydrogen-bond acceptors (Lipinski definition) is 4. The summed E-state index contributed by atoms with van der Waals surface area (Å²) < 4.78 is 5.32. The quantitative estimate of drug-likeness (QED) is 0.911. The normalized spacial score (nSPS) is 16.3. The third-order valence-electron chi connectivity index (χ3n) is 4.85. The molecule has 0 saturated heterocycles. The molecule has 0 bridgehead atoms. The van der Waals surface area contributed by atoms with E-state index in [0.717, 1.165) is 23.4 Å². The second-order valence-corrected chi connectivity index (χ2v) is 6.83. The molecule has 3 rings (SSSR count). The van der Waals surface area contributed by atoms with Crippen molar-refractivity contribution < 1.29 is 19.4 Å². The van der Waals surface area contributed by atoms with Crippen LogP contribution in [0.1, 0.15) is 40.4 Å². The van der Waals surface area contributed by atoms with Crippen LogP contribution < -0.4 is 9.64 Å². The van der Waals surface area contributed by atoms with E-state index in [1.165, 1.54) is 6.07 Å². The van der Waals surface area contributed by atoms with Gasteiger partial charge in [-0.25, -0.2) is 9.78 Å². The van der Waals surface area contributed by atoms with Crippen LogP contribution in [0.2, 0.25) is 0 Å². The Morgan fingerprint density at radius 3 is 2.62 bits per heavy atom. The number of carboxylic acids is 1. The molecule has 1 N–H and O–H groups in total. The van der Waals surface area contributed by atoms with Crippen molar-refractivity contribution in [2.45, 2.75) is 20.3 Å². The van der Waals surface area contributed by atoms with Crippen LogP contribution in [0.5, 0.6) is 5.75 Å². The van der Waals surface area contributed by atoms with Gasteiger partial charge in [0.1, 0.15) is 17.1 Å². The van der Waals surface area contributed by atoms with Gasteiger partial charge in [-0.2, -0.15) is 0 Å². The molecule has 1 aliphatic rings. The lowest BCUT2D eigenvalue weighted by Crippen LogP contribution is -2.42. The maximum absolute atomic E-state index is 13.1. The molecule has 1 amide bonds. The van der Waals surface area contributed by atoms with E-state index in [-0.39, 0.29) is 17.3 Å². The van der Waals surface area contributed by atoms with Gasteiger partial charge in [-0.05, 0) is 54.2 Å². The molecule has 1 unspecified atom stereocenters. The van der Waals surface area contributed by atoms with Gasteiger partial charge < -0.3 is 14.7 Å². The summed E-state index contributed by atoms with van der Waals surface area (Å²) in [6.45, 7) is 4.86. The first-order valence-corrected chi connectivity index (χ1v) is 8.60. The van der Waals surface area contributed by atoms with E-state index in [9.17, 15) is 9.59 Å². The second-order valence-electron chi connectivity index (χ2n) is 6.83. The van der Waals surface area contributed by atoms with Crippen LogP contribution in [0, 0.1) is 11.8 Å². The number of aromatic carboxylic acids is 1. The smallest absolute Gasteiger partial charge is 0.354 e. The number of ether oxygens (including phenoxy) is 1. The van der Waals surface area contributed by atoms with Crippen LogP contribution in [0.3, 0.4) is 0 Å². The van der Waals surface area contributed by atoms with Crippen molar-refractivity contribution in [1.29, 1.82) is 0 Å². The van der Waals surface area contributed by atoms with Gasteiger partial charge in [-0.3, -0.25) is 4.79 Å². The summed E-state index contributed by atoms with van der Waals surface area (Å²) >= 11 is 0. The Balaban J connectivity index is 2.01. The molecule has 0 saturated carbocycles. The number of methoxy groups -OCH3 is 1. The lowest BCUT2D eigenvalue weighted by molar-refractivity contribution is 0.0690. The van der Waals surface area contributed by atoms with E-state index in [2.05, 4.69) is 18.8 Å². The summed E-state index contributed by atoms with van der Waals surface area (Å²) in [5, 5.41) is 9.13. The molecule has 0 aliphatic carbocycles. The lowest BCUT2D eigenvalue weighted by atomic mass is 9.84. The summed E-state index contributed by atoms with van der Waals surface area (Å²) in [7, 11) is 1.62. The van der Waals surface area contributed by atoms with Gasteiger partial charge in [-0.15, -0.1) is 0 Å². The zero-order chi connectivity index (χ0) is 18.8. The molecule has 1 aliphatic heterocycles. The molecule has 6 nitrogen and oxygen atoms in total. The number of nitrogens with zero attached hydrogens (tertiary/aromatic N) is 2. The molecule has 2 aromatic rings. The van der Waals surface area contributed by atoms with Crippen molar-refractivity contribution >= 4 is 17.6 Å². The van der Waals surface area contributed by atoms with Crippen molar-refractivity contribution in [3.63, 3.8) is 0 Å². The highest BCUT2D eigenvalue weighted by Gasteiger charge is 2.31. The fourth-order valence-electron chi connectivity index (χ4n) is 3.25. The Bertz CT molecular complexity index is 847. The molecule has 0 radical (unpaired) electrons. The Hall–Kier alpha value is -2.89. The third-order valence-corrected chi connectivity index (χ3v) is 4.85. The average Bonchev–Trinajstić information content (AvgIpc) is 2.65. The van der Waals surface area contributed by atoms with Gasteiger partial charge in [0.15, 0.2) is 0 Å². The second kappa shape index (κ2) is 7.15. The van der Waals surface area contributed by atoms with Crippen molar-refractivity contribution in [1.82, 2.24) is 4.98 Å². The van der Waals surface area contributed by atoms with E-state index in [1.54, 1.807) is 24.1 Å². The Morgan fingerprint density at radius 2 is 1.96 bits per heavy atom. The van der Waals surface area contributed by atoms with Gasteiger partial charge in [0.05, 0.1) is 7.11 Å². The fraction of sp³-hybridized carbons (Fsp3) is 0.350. The number of rotatable bonds is 4. The minimum Gasteiger partial charge on any atom is -0.497 e. The van der Waals surface area contributed by atoms with Crippen molar-refractivity contribution in [3.05, 3.63) is 53.3 Å². The van der Waals surface area contributed by atoms with E-state index in [4.69, 9.17) is 9.84 Å². The molecule has 2 heterocycles. The summed E-state index contributed by atoms with van der Waals surface area (Å²) in [5.41, 5.74) is 1.88. The van der Waals surface area contributed by atoms with Crippen molar-refractivity contribution in [2.75, 3.05) is 18.6 Å². The summed E-state index contributed by atoms with van der Waals surface area (Å²) in [6.07, 6.45) is 0.872. The highest BCUT2D eigenvalue weighted by atomic mass is 16.5. The fourth-order valence-corrected chi connectivity index (χ4v) is 3.25. The standard InChI is InChI=1S/C20H22N2O4/c1-12(2)14-9-13-10-15(26-3)7-8-18(13)22(11-14)19(23)16-5-4-6-17(21-16)20(24)25/h4-8,10,12,14H,9,11H2,1-3H3,(H,24,25). The van der Waals surface area contributed by atoms with Crippen LogP contribution in [0.15, 0.2) is 36.4 Å². The topological polar surface area (TPSA) is 79.7 Å². The first kappa shape index (κ1) is 17.9. The molecular formula is C20H22N2O4. The molecule has 0 spiro atoms. The maximum atomic E-state index is 13.1. The number of carbonyl (C=O) groups excluding carboxylic acids is 1. The summed E-state index contributed by atoms with van der Waals surface area (Å²) in [4.78, 5) is 30.0. The van der Waals surface area contributed by atoms with E-state index in [0.29, 0.717) is 18.4 Å². The first-order valence-electron chi connectivity index (χ1n) is 8.60. The minimum absolute atomic E-state index is 0.135. The van der Waals surface area contributed by atoms with Crippen LogP contribution in [-0.4, -0.2) is 35.6 Å². The molecule has 26 heavy (non-hydrogen) atoms. The van der Waals surface area contributed by atoms with Crippen molar-refractivity contribution in [3.8, 4) is 5.75 Å². The summed E-state index contributed by atoms with van der Waals surface area (Å²) in [6, 6.07) is 10.1. The third kappa shape index (κ3) is 3.40. The number of amides is 1. The zero-order valence-electron chi connectivity index (χ0n) is 15.1. The van der Waals surface area contributed by atoms with Gasteiger partial charge in [0.2, 0.25) is 0 Å². The largest absolute Gasteiger partial charge is 0.497 e. The number of anilines is 1. The number of carboxylic acid groups (broad SMARTS) is 1. The highest BCUT2D eigenvalue weighted by Crippen LogP contribution is 2.35. The zero-order valence-corrected chi connectivity index (χ0v) is 15.1. The predicted octanol–water partition coefficient (Wildman–Crippen LogP) is 3.26. The number of carbonyl (C=O) groups is 2. The molecule has 1 aromatic carbocycles. The van der Waals surface area contributed by atoms with Crippen LogP contribution >= 0.6 is 0 Å². The van der Waals surface area contributed by atoms with Gasteiger partial charge in [0, 0.05) is 12.2 Å². The minimum atomic E-state index is -1.15. The molecule has 136 valence electrons. The monoisotopic (exact) mass is 354 g/mol. The van der Waals surface area contributed by atoms with Crippen LogP contribution in [0.25, 0.3) is 0 Å². The average molecular weight is 354 g/mol. The van der Waals surface area contributed by atoms with Crippen LogP contribution in [-0.2, 0) is 6.42 Å². The first-order chi connectivity index (χ1) is 12.4.